The Kier molecular flexibility index (Phi) is 10.8. The van der Waals surface area contributed by atoms with Crippen molar-refractivity contribution < 1.29 is 33.8 Å². The number of benzene rings is 1. The Bertz CT molecular complexity index is 1190. The van der Waals surface area contributed by atoms with Crippen LogP contribution < -0.4 is 5.32 Å². The van der Waals surface area contributed by atoms with Crippen LogP contribution in [0.5, 0.6) is 0 Å². The second kappa shape index (κ2) is 14.3. The van der Waals surface area contributed by atoms with E-state index in [-0.39, 0.29) is 37.4 Å². The lowest BCUT2D eigenvalue weighted by Crippen LogP contribution is -2.58. The molecule has 3 saturated heterocycles. The number of hydrogen-bond donors (Lipinski definition) is 2. The molecule has 4 rings (SSSR count). The predicted octanol–water partition coefficient (Wildman–Crippen LogP) is 2.92. The molecule has 10 nitrogen and oxygen atoms in total. The summed E-state index contributed by atoms with van der Waals surface area (Å²) in [4.78, 5) is 57.8. The van der Waals surface area contributed by atoms with Crippen molar-refractivity contribution in [1.29, 1.82) is 0 Å². The van der Waals surface area contributed by atoms with Gasteiger partial charge in [-0.1, -0.05) is 55.8 Å². The quantitative estimate of drug-likeness (QED) is 0.222. The third kappa shape index (κ3) is 6.40. The summed E-state index contributed by atoms with van der Waals surface area (Å²) in [5.41, 5.74) is -0.418. The van der Waals surface area contributed by atoms with Gasteiger partial charge in [-0.25, -0.2) is 0 Å². The number of carbonyl (C=O) groups excluding carboxylic acids is 4. The summed E-state index contributed by atoms with van der Waals surface area (Å²) in [6.45, 7) is 11.6. The zero-order chi connectivity index (χ0) is 31.1. The topological polar surface area (TPSA) is 125 Å². The molecule has 3 aliphatic rings. The average molecular weight is 596 g/mol. The minimum absolute atomic E-state index is 0.0730. The fourth-order valence-electron chi connectivity index (χ4n) is 6.84. The third-order valence-corrected chi connectivity index (χ3v) is 8.94. The van der Waals surface area contributed by atoms with E-state index in [0.717, 1.165) is 18.4 Å². The first-order valence-corrected chi connectivity index (χ1v) is 15.4. The second-order valence-corrected chi connectivity index (χ2v) is 11.7. The third-order valence-electron chi connectivity index (χ3n) is 8.94. The molecule has 2 bridgehead atoms. The van der Waals surface area contributed by atoms with Crippen LogP contribution in [0.2, 0.25) is 0 Å². The molecule has 0 saturated carbocycles. The van der Waals surface area contributed by atoms with Crippen molar-refractivity contribution in [3.63, 3.8) is 0 Å². The highest BCUT2D eigenvalue weighted by molar-refractivity contribution is 5.99. The lowest BCUT2D eigenvalue weighted by molar-refractivity contribution is -0.151. The van der Waals surface area contributed by atoms with Crippen molar-refractivity contribution in [3.8, 4) is 0 Å². The van der Waals surface area contributed by atoms with Crippen molar-refractivity contribution in [2.45, 2.75) is 82.2 Å². The number of ether oxygens (including phenoxy) is 2. The van der Waals surface area contributed by atoms with Crippen LogP contribution in [0, 0.1) is 11.8 Å². The molecular formula is C33H45N3O7. The van der Waals surface area contributed by atoms with Crippen LogP contribution in [0.4, 0.5) is 0 Å². The molecule has 1 spiro atoms. The van der Waals surface area contributed by atoms with Gasteiger partial charge in [-0.15, -0.1) is 13.2 Å². The van der Waals surface area contributed by atoms with Gasteiger partial charge in [0.25, 0.3) is 0 Å². The zero-order valence-corrected chi connectivity index (χ0v) is 25.3. The Labute approximate surface area is 254 Å². The Hall–Kier alpha value is -3.50. The van der Waals surface area contributed by atoms with Gasteiger partial charge in [0.1, 0.15) is 18.2 Å². The summed E-state index contributed by atoms with van der Waals surface area (Å²) in [7, 11) is 0. The highest BCUT2D eigenvalue weighted by Gasteiger charge is 2.75. The predicted molar refractivity (Wildman–Crippen MR) is 160 cm³/mol. The molecule has 10 heteroatoms. The molecule has 1 aromatic rings. The fourth-order valence-corrected chi connectivity index (χ4v) is 6.84. The number of esters is 1. The Morgan fingerprint density at radius 2 is 2.00 bits per heavy atom. The van der Waals surface area contributed by atoms with Crippen LogP contribution >= 0.6 is 0 Å². The summed E-state index contributed by atoms with van der Waals surface area (Å²) in [6, 6.07) is 6.96. The molecule has 0 radical (unpaired) electrons. The van der Waals surface area contributed by atoms with Crippen LogP contribution in [0.3, 0.4) is 0 Å². The number of nitrogens with zero attached hydrogens (tertiary/aromatic N) is 2. The number of amides is 3. The summed E-state index contributed by atoms with van der Waals surface area (Å²) < 4.78 is 12.0. The number of rotatable bonds is 16. The van der Waals surface area contributed by atoms with Crippen molar-refractivity contribution in [2.75, 3.05) is 26.3 Å². The second-order valence-electron chi connectivity index (χ2n) is 11.7. The van der Waals surface area contributed by atoms with E-state index in [9.17, 15) is 24.3 Å². The number of hydrogen-bond acceptors (Lipinski definition) is 7. The van der Waals surface area contributed by atoms with Crippen molar-refractivity contribution in [2.24, 2.45) is 11.8 Å². The van der Waals surface area contributed by atoms with E-state index < -0.39 is 47.6 Å². The lowest BCUT2D eigenvalue weighted by atomic mass is 9.70. The maximum Gasteiger partial charge on any atom is 0.306 e. The smallest absolute Gasteiger partial charge is 0.306 e. The monoisotopic (exact) mass is 595 g/mol. The van der Waals surface area contributed by atoms with Crippen molar-refractivity contribution >= 4 is 23.7 Å². The van der Waals surface area contributed by atoms with Gasteiger partial charge in [-0.2, -0.15) is 0 Å². The van der Waals surface area contributed by atoms with Crippen molar-refractivity contribution in [3.05, 3.63) is 61.2 Å². The molecule has 0 unspecified atom stereocenters. The number of unbranched alkanes of at least 4 members (excludes halogenated alkanes) is 1. The van der Waals surface area contributed by atoms with E-state index in [1.807, 2.05) is 37.3 Å². The molecule has 3 fully saturated rings. The van der Waals surface area contributed by atoms with Gasteiger partial charge in [0, 0.05) is 19.5 Å². The number of likely N-dealkylation sites (tertiary alicyclic amines) is 1. The van der Waals surface area contributed by atoms with E-state index in [1.165, 1.54) is 4.90 Å². The number of aliphatic hydroxyl groups excluding tert-OH is 1. The summed E-state index contributed by atoms with van der Waals surface area (Å²) in [6.07, 6.45) is 6.10. The SMILES string of the molecule is C=CCCC(=O)OC[C@H](NC(=O)[C@@H]1[C@@H]2CC[C@]3(O2)[C@H](C(=O)N(CC=C)CCCC)N([C@H](C)CO)C(=O)[C@@H]13)c1ccccc1. The molecule has 43 heavy (non-hydrogen) atoms. The van der Waals surface area contributed by atoms with Crippen LogP contribution in [-0.2, 0) is 28.7 Å². The van der Waals surface area contributed by atoms with E-state index in [0.29, 0.717) is 32.4 Å². The highest BCUT2D eigenvalue weighted by Crippen LogP contribution is 2.59. The molecular weight excluding hydrogens is 550 g/mol. The van der Waals surface area contributed by atoms with E-state index >= 15 is 0 Å². The van der Waals surface area contributed by atoms with E-state index in [2.05, 4.69) is 18.5 Å². The first kappa shape index (κ1) is 32.4. The van der Waals surface area contributed by atoms with Gasteiger partial charge in [0.2, 0.25) is 17.7 Å². The number of aliphatic hydroxyl groups is 1. The molecule has 0 aliphatic carbocycles. The molecule has 0 aromatic heterocycles. The Balaban J connectivity index is 1.62. The van der Waals surface area contributed by atoms with Crippen LogP contribution in [0.25, 0.3) is 0 Å². The minimum Gasteiger partial charge on any atom is -0.463 e. The lowest BCUT2D eigenvalue weighted by Gasteiger charge is -2.38. The van der Waals surface area contributed by atoms with Crippen molar-refractivity contribution in [1.82, 2.24) is 15.1 Å². The van der Waals surface area contributed by atoms with Gasteiger partial charge in [-0.05, 0) is 38.2 Å². The average Bonchev–Trinajstić information content (AvgIpc) is 3.67. The molecule has 7 atom stereocenters. The van der Waals surface area contributed by atoms with Gasteiger partial charge in [-0.3, -0.25) is 19.2 Å². The standard InChI is InChI=1S/C33H45N3O7/c1-5-8-15-26(38)42-21-24(23-13-11-10-12-14-23)34-30(39)27-25-16-17-33(43-25)28(27)31(40)36(22(4)20-37)29(33)32(41)35(18-7-3)19-9-6-2/h5,7,10-14,22,24-25,27-29,37H,1,3,6,8-9,15-21H2,2,4H3,(H,34,39)/t22-,24+,25+,27-,28-,29+,33-/m1/s1. The van der Waals surface area contributed by atoms with E-state index in [1.54, 1.807) is 24.0 Å². The maximum atomic E-state index is 14.2. The molecule has 2 N–H and O–H groups in total. The number of fused-ring (bicyclic) bond motifs is 1. The zero-order valence-electron chi connectivity index (χ0n) is 25.3. The minimum atomic E-state index is -1.17. The molecule has 234 valence electrons. The summed E-state index contributed by atoms with van der Waals surface area (Å²) >= 11 is 0. The molecule has 3 heterocycles. The Morgan fingerprint density at radius 3 is 2.65 bits per heavy atom. The Morgan fingerprint density at radius 1 is 1.26 bits per heavy atom. The first-order valence-electron chi connectivity index (χ1n) is 15.4. The molecule has 1 aromatic carbocycles. The van der Waals surface area contributed by atoms with Crippen LogP contribution in [-0.4, -0.2) is 88.7 Å². The largest absolute Gasteiger partial charge is 0.463 e. The highest BCUT2D eigenvalue weighted by atomic mass is 16.5. The van der Waals surface area contributed by atoms with E-state index in [4.69, 9.17) is 9.47 Å². The molecule has 3 amide bonds. The van der Waals surface area contributed by atoms with Crippen LogP contribution in [0.1, 0.15) is 64.0 Å². The normalized spacial score (nSPS) is 26.9. The van der Waals surface area contributed by atoms with Crippen LogP contribution in [0.15, 0.2) is 55.6 Å². The summed E-state index contributed by atoms with van der Waals surface area (Å²) in [5, 5.41) is 13.1. The number of nitrogens with one attached hydrogen (secondary N) is 1. The first-order chi connectivity index (χ1) is 20.7. The van der Waals surface area contributed by atoms with Gasteiger partial charge in [0.15, 0.2) is 0 Å². The summed E-state index contributed by atoms with van der Waals surface area (Å²) in [5.74, 6) is -3.11. The van der Waals surface area contributed by atoms with Gasteiger partial charge < -0.3 is 29.7 Å². The fraction of sp³-hybridized carbons (Fsp3) is 0.576. The number of allylic oxidation sites excluding steroid dienone is 1. The van der Waals surface area contributed by atoms with Gasteiger partial charge in [0.05, 0.1) is 36.6 Å². The molecule has 3 aliphatic heterocycles. The van der Waals surface area contributed by atoms with Gasteiger partial charge >= 0.3 is 5.97 Å². The number of carbonyl (C=O) groups is 4. The maximum absolute atomic E-state index is 14.2.